The van der Waals surface area contributed by atoms with E-state index in [1.807, 2.05) is 0 Å². The Morgan fingerprint density at radius 1 is 1.29 bits per heavy atom. The molecule has 0 aliphatic carbocycles. The van der Waals surface area contributed by atoms with E-state index >= 15 is 0 Å². The molecule has 14 heavy (non-hydrogen) atoms. The van der Waals surface area contributed by atoms with Crippen LogP contribution in [0.25, 0.3) is 0 Å². The molecule has 0 atom stereocenters. The van der Waals surface area contributed by atoms with Gasteiger partial charge >= 0.3 is 5.97 Å². The summed E-state index contributed by atoms with van der Waals surface area (Å²) in [6.45, 7) is 0.301. The van der Waals surface area contributed by atoms with Gasteiger partial charge in [0.25, 0.3) is 0 Å². The van der Waals surface area contributed by atoms with Crippen molar-refractivity contribution in [3.8, 4) is 11.5 Å². The Kier molecular flexibility index (Phi) is 3.94. The molecule has 1 aromatic rings. The first kappa shape index (κ1) is 10.5. The number of ether oxygens (including phenoxy) is 2. The van der Waals surface area contributed by atoms with E-state index < -0.39 is 0 Å². The number of rotatable bonds is 4. The van der Waals surface area contributed by atoms with Crippen molar-refractivity contribution in [1.29, 1.82) is 0 Å². The van der Waals surface area contributed by atoms with E-state index in [1.54, 1.807) is 31.4 Å². The van der Waals surface area contributed by atoms with Gasteiger partial charge in [0.05, 0.1) is 13.5 Å². The highest BCUT2D eigenvalue weighted by Crippen LogP contribution is 2.17. The van der Waals surface area contributed by atoms with E-state index in [9.17, 15) is 4.79 Å². The Morgan fingerprint density at radius 3 is 2.36 bits per heavy atom. The van der Waals surface area contributed by atoms with Crippen LogP contribution in [0.15, 0.2) is 24.3 Å². The van der Waals surface area contributed by atoms with Crippen molar-refractivity contribution in [2.45, 2.75) is 6.42 Å². The van der Waals surface area contributed by atoms with Crippen LogP contribution in [-0.4, -0.2) is 19.6 Å². The molecule has 0 aromatic heterocycles. The minimum atomic E-state index is -0.322. The zero-order valence-electron chi connectivity index (χ0n) is 8.03. The second kappa shape index (κ2) is 5.24. The Morgan fingerprint density at radius 2 is 1.86 bits per heavy atom. The van der Waals surface area contributed by atoms with Gasteiger partial charge in [0.1, 0.15) is 11.5 Å². The molecule has 0 unspecified atom stereocenters. The standard InChI is InChI=1S/C10H13NO3/c1-13-8-2-4-9(5-3-8)14-10(12)6-7-11/h2-5H,6-7,11H2,1H3. The van der Waals surface area contributed by atoms with Crippen LogP contribution in [0.5, 0.6) is 11.5 Å². The predicted octanol–water partition coefficient (Wildman–Crippen LogP) is 0.949. The molecule has 4 heteroatoms. The number of benzene rings is 1. The maximum Gasteiger partial charge on any atom is 0.312 e. The number of hydrogen-bond donors (Lipinski definition) is 1. The molecule has 1 aromatic carbocycles. The Labute approximate surface area is 82.6 Å². The van der Waals surface area contributed by atoms with Crippen LogP contribution in [0, 0.1) is 0 Å². The number of methoxy groups -OCH3 is 1. The fourth-order valence-electron chi connectivity index (χ4n) is 0.944. The van der Waals surface area contributed by atoms with Crippen LogP contribution in [0.4, 0.5) is 0 Å². The third-order valence-corrected chi connectivity index (χ3v) is 1.64. The van der Waals surface area contributed by atoms with E-state index in [2.05, 4.69) is 0 Å². The highest BCUT2D eigenvalue weighted by molar-refractivity contribution is 5.72. The summed E-state index contributed by atoms with van der Waals surface area (Å²) in [4.78, 5) is 11.0. The fraction of sp³-hybridized carbons (Fsp3) is 0.300. The molecule has 0 saturated carbocycles. The highest BCUT2D eigenvalue weighted by atomic mass is 16.5. The van der Waals surface area contributed by atoms with Gasteiger partial charge in [-0.05, 0) is 24.3 Å². The fourth-order valence-corrected chi connectivity index (χ4v) is 0.944. The molecular weight excluding hydrogens is 182 g/mol. The summed E-state index contributed by atoms with van der Waals surface area (Å²) in [5.74, 6) is 0.908. The summed E-state index contributed by atoms with van der Waals surface area (Å²) in [6.07, 6.45) is 0.228. The molecule has 2 N–H and O–H groups in total. The Balaban J connectivity index is 2.55. The molecular formula is C10H13NO3. The molecule has 0 radical (unpaired) electrons. The van der Waals surface area contributed by atoms with Crippen molar-refractivity contribution in [2.24, 2.45) is 5.73 Å². The molecule has 0 bridgehead atoms. The molecule has 0 saturated heterocycles. The van der Waals surface area contributed by atoms with Gasteiger partial charge in [-0.1, -0.05) is 0 Å². The number of nitrogens with two attached hydrogens (primary N) is 1. The number of carbonyl (C=O) groups is 1. The lowest BCUT2D eigenvalue weighted by Gasteiger charge is -2.04. The highest BCUT2D eigenvalue weighted by Gasteiger charge is 2.02. The van der Waals surface area contributed by atoms with E-state index in [0.717, 1.165) is 5.75 Å². The Hall–Kier alpha value is -1.55. The maximum atomic E-state index is 11.0. The second-order valence-electron chi connectivity index (χ2n) is 2.69. The van der Waals surface area contributed by atoms with E-state index in [1.165, 1.54) is 0 Å². The van der Waals surface area contributed by atoms with Gasteiger partial charge in [-0.15, -0.1) is 0 Å². The monoisotopic (exact) mass is 195 g/mol. The van der Waals surface area contributed by atoms with E-state index in [-0.39, 0.29) is 12.4 Å². The number of carbonyl (C=O) groups excluding carboxylic acids is 1. The summed E-state index contributed by atoms with van der Waals surface area (Å²) >= 11 is 0. The van der Waals surface area contributed by atoms with Crippen molar-refractivity contribution in [1.82, 2.24) is 0 Å². The molecule has 76 valence electrons. The van der Waals surface area contributed by atoms with Crippen LogP contribution >= 0.6 is 0 Å². The molecule has 0 heterocycles. The van der Waals surface area contributed by atoms with E-state index in [4.69, 9.17) is 15.2 Å². The van der Waals surface area contributed by atoms with Gasteiger partial charge in [-0.2, -0.15) is 0 Å². The lowest BCUT2D eigenvalue weighted by atomic mass is 10.3. The van der Waals surface area contributed by atoms with Crippen LogP contribution in [0.2, 0.25) is 0 Å². The van der Waals surface area contributed by atoms with Gasteiger partial charge in [0.2, 0.25) is 0 Å². The van der Waals surface area contributed by atoms with Crippen molar-refractivity contribution in [3.05, 3.63) is 24.3 Å². The van der Waals surface area contributed by atoms with Crippen molar-refractivity contribution >= 4 is 5.97 Å². The van der Waals surface area contributed by atoms with Gasteiger partial charge in [0.15, 0.2) is 0 Å². The summed E-state index contributed by atoms with van der Waals surface area (Å²) < 4.78 is 9.94. The second-order valence-corrected chi connectivity index (χ2v) is 2.69. The van der Waals surface area contributed by atoms with Crippen LogP contribution < -0.4 is 15.2 Å². The quantitative estimate of drug-likeness (QED) is 0.574. The summed E-state index contributed by atoms with van der Waals surface area (Å²) in [6, 6.07) is 6.80. The molecule has 0 aliphatic heterocycles. The van der Waals surface area contributed by atoms with Crippen LogP contribution in [0.3, 0.4) is 0 Å². The normalized spacial score (nSPS) is 9.57. The average Bonchev–Trinajstić information content (AvgIpc) is 2.19. The molecule has 0 spiro atoms. The van der Waals surface area contributed by atoms with Gasteiger partial charge in [0, 0.05) is 6.54 Å². The SMILES string of the molecule is COc1ccc(OC(=O)CCN)cc1. The lowest BCUT2D eigenvalue weighted by molar-refractivity contribution is -0.134. The molecule has 0 fully saturated rings. The smallest absolute Gasteiger partial charge is 0.312 e. The zero-order valence-corrected chi connectivity index (χ0v) is 8.03. The minimum absolute atomic E-state index is 0.228. The van der Waals surface area contributed by atoms with Crippen molar-refractivity contribution in [3.63, 3.8) is 0 Å². The molecule has 1 rings (SSSR count). The maximum absolute atomic E-state index is 11.0. The minimum Gasteiger partial charge on any atom is -0.497 e. The van der Waals surface area contributed by atoms with Gasteiger partial charge < -0.3 is 15.2 Å². The third kappa shape index (κ3) is 3.06. The van der Waals surface area contributed by atoms with E-state index in [0.29, 0.717) is 12.3 Å². The van der Waals surface area contributed by atoms with Crippen LogP contribution in [-0.2, 0) is 4.79 Å². The third-order valence-electron chi connectivity index (χ3n) is 1.64. The topological polar surface area (TPSA) is 61.5 Å². The lowest BCUT2D eigenvalue weighted by Crippen LogP contribution is -2.13. The number of esters is 1. The Bertz CT molecular complexity index is 295. The zero-order chi connectivity index (χ0) is 10.4. The summed E-state index contributed by atoms with van der Waals surface area (Å²) in [5, 5.41) is 0. The first-order valence-electron chi connectivity index (χ1n) is 4.31. The summed E-state index contributed by atoms with van der Waals surface area (Å²) in [7, 11) is 1.58. The molecule has 0 amide bonds. The first-order valence-corrected chi connectivity index (χ1v) is 4.31. The average molecular weight is 195 g/mol. The van der Waals surface area contributed by atoms with Gasteiger partial charge in [-0.3, -0.25) is 4.79 Å². The number of hydrogen-bond acceptors (Lipinski definition) is 4. The molecule has 4 nitrogen and oxygen atoms in total. The van der Waals surface area contributed by atoms with Crippen LogP contribution in [0.1, 0.15) is 6.42 Å². The van der Waals surface area contributed by atoms with Crippen molar-refractivity contribution in [2.75, 3.05) is 13.7 Å². The summed E-state index contributed by atoms with van der Waals surface area (Å²) in [5.41, 5.74) is 5.21. The van der Waals surface area contributed by atoms with Crippen molar-refractivity contribution < 1.29 is 14.3 Å². The molecule has 0 aliphatic rings. The largest absolute Gasteiger partial charge is 0.497 e. The van der Waals surface area contributed by atoms with Gasteiger partial charge in [-0.25, -0.2) is 0 Å². The predicted molar refractivity (Wildman–Crippen MR) is 52.3 cm³/mol. The first-order chi connectivity index (χ1) is 6.76.